The zero-order chi connectivity index (χ0) is 15.2. The van der Waals surface area contributed by atoms with Crippen molar-refractivity contribution < 1.29 is 23.7 Å². The molecule has 0 aromatic rings. The Morgan fingerprint density at radius 3 is 2.00 bits per heavy atom. The Labute approximate surface area is 132 Å². The summed E-state index contributed by atoms with van der Waals surface area (Å²) in [6.45, 7) is 1.52. The van der Waals surface area contributed by atoms with Gasteiger partial charge >= 0.3 is 5.97 Å². The Balaban J connectivity index is 1.36. The molecule has 3 aliphatic rings. The molecule has 5 nitrogen and oxygen atoms in total. The number of carbonyl (C=O) groups excluding carboxylic acids is 1. The summed E-state index contributed by atoms with van der Waals surface area (Å²) in [5.74, 6) is -0.0723. The predicted molar refractivity (Wildman–Crippen MR) is 80.1 cm³/mol. The van der Waals surface area contributed by atoms with Gasteiger partial charge < -0.3 is 18.9 Å². The Kier molecular flexibility index (Phi) is 6.10. The van der Waals surface area contributed by atoms with Crippen LogP contribution in [-0.4, -0.2) is 37.9 Å². The molecule has 1 saturated carbocycles. The molecule has 0 N–H and O–H groups in total. The van der Waals surface area contributed by atoms with Crippen molar-refractivity contribution in [2.24, 2.45) is 5.92 Å². The molecule has 2 atom stereocenters. The molecule has 0 aromatic heterocycles. The maximum atomic E-state index is 12.2. The molecule has 3 fully saturated rings. The maximum absolute atomic E-state index is 12.2. The summed E-state index contributed by atoms with van der Waals surface area (Å²) in [4.78, 5) is 12.2. The van der Waals surface area contributed by atoms with E-state index in [1.54, 1.807) is 0 Å². The summed E-state index contributed by atoms with van der Waals surface area (Å²) in [6, 6.07) is 0. The lowest BCUT2D eigenvalue weighted by Gasteiger charge is -2.32. The molecule has 126 valence electrons. The largest absolute Gasteiger partial charge is 0.436 e. The molecule has 0 aromatic carbocycles. The highest BCUT2D eigenvalue weighted by molar-refractivity contribution is 5.72. The van der Waals surface area contributed by atoms with Gasteiger partial charge in [-0.3, -0.25) is 4.79 Å². The van der Waals surface area contributed by atoms with E-state index < -0.39 is 0 Å². The Morgan fingerprint density at radius 2 is 1.41 bits per heavy atom. The van der Waals surface area contributed by atoms with Crippen molar-refractivity contribution in [3.05, 3.63) is 0 Å². The lowest BCUT2D eigenvalue weighted by Crippen LogP contribution is -2.34. The van der Waals surface area contributed by atoms with Crippen molar-refractivity contribution in [1.29, 1.82) is 0 Å². The normalized spacial score (nSPS) is 36.7. The van der Waals surface area contributed by atoms with Gasteiger partial charge in [0, 0.05) is 13.0 Å². The van der Waals surface area contributed by atoms with Crippen LogP contribution in [0, 0.1) is 5.92 Å². The molecule has 2 saturated heterocycles. The van der Waals surface area contributed by atoms with Crippen molar-refractivity contribution in [3.8, 4) is 0 Å². The fourth-order valence-electron chi connectivity index (χ4n) is 3.50. The van der Waals surface area contributed by atoms with Crippen molar-refractivity contribution in [2.45, 2.75) is 82.9 Å². The molecule has 0 radical (unpaired) electrons. The van der Waals surface area contributed by atoms with Gasteiger partial charge in [0.1, 0.15) is 0 Å². The van der Waals surface area contributed by atoms with E-state index in [4.69, 9.17) is 18.9 Å². The van der Waals surface area contributed by atoms with Crippen LogP contribution in [0.25, 0.3) is 0 Å². The molecule has 22 heavy (non-hydrogen) atoms. The number of hydrogen-bond acceptors (Lipinski definition) is 5. The molecule has 0 unspecified atom stereocenters. The van der Waals surface area contributed by atoms with E-state index in [9.17, 15) is 4.79 Å². The number of rotatable bonds is 4. The average Bonchev–Trinajstić information content (AvgIpc) is 2.57. The molecule has 2 heterocycles. The first-order chi connectivity index (χ1) is 10.8. The van der Waals surface area contributed by atoms with Gasteiger partial charge in [-0.25, -0.2) is 0 Å². The predicted octanol–water partition coefficient (Wildman–Crippen LogP) is 3.16. The third-order valence-electron chi connectivity index (χ3n) is 4.88. The van der Waals surface area contributed by atoms with Crippen molar-refractivity contribution in [3.63, 3.8) is 0 Å². The van der Waals surface area contributed by atoms with Gasteiger partial charge in [-0.1, -0.05) is 0 Å². The molecular formula is C17H28O5. The van der Waals surface area contributed by atoms with Gasteiger partial charge in [0.25, 0.3) is 0 Å². The van der Waals surface area contributed by atoms with Gasteiger partial charge in [-0.05, 0) is 57.8 Å². The summed E-state index contributed by atoms with van der Waals surface area (Å²) < 4.78 is 22.6. The maximum Gasteiger partial charge on any atom is 0.311 e. The minimum atomic E-state index is -0.314. The number of esters is 1. The molecule has 0 bridgehead atoms. The molecule has 0 amide bonds. The first kappa shape index (κ1) is 16.2. The second-order valence-corrected chi connectivity index (χ2v) is 6.64. The van der Waals surface area contributed by atoms with Crippen LogP contribution in [0.3, 0.4) is 0 Å². The summed E-state index contributed by atoms with van der Waals surface area (Å²) in [6.07, 6.45) is 9.75. The van der Waals surface area contributed by atoms with Gasteiger partial charge in [0.05, 0.1) is 18.6 Å². The summed E-state index contributed by atoms with van der Waals surface area (Å²) in [7, 11) is 0. The number of ether oxygens (including phenoxy) is 4. The minimum absolute atomic E-state index is 0.0117. The van der Waals surface area contributed by atoms with E-state index in [1.165, 1.54) is 6.42 Å². The Morgan fingerprint density at radius 1 is 0.773 bits per heavy atom. The average molecular weight is 312 g/mol. The zero-order valence-electron chi connectivity index (χ0n) is 13.3. The highest BCUT2D eigenvalue weighted by atomic mass is 16.7. The van der Waals surface area contributed by atoms with Crippen LogP contribution in [0.5, 0.6) is 0 Å². The number of hydrogen-bond donors (Lipinski definition) is 0. The Bertz CT molecular complexity index is 339. The highest BCUT2D eigenvalue weighted by Gasteiger charge is 2.31. The standard InChI is InChI=1S/C17H28O5/c18-17(22-16-6-2-4-12-20-16)13-7-9-14(10-8-13)21-15-5-1-3-11-19-15/h13-16H,1-12H2/t13?,14?,15-,16+/m1/s1. The molecule has 5 heteroatoms. The minimum Gasteiger partial charge on any atom is -0.436 e. The quantitative estimate of drug-likeness (QED) is 0.746. The first-order valence-electron chi connectivity index (χ1n) is 8.90. The molecule has 1 aliphatic carbocycles. The van der Waals surface area contributed by atoms with Crippen LogP contribution in [0.15, 0.2) is 0 Å². The third-order valence-corrected chi connectivity index (χ3v) is 4.88. The van der Waals surface area contributed by atoms with Gasteiger partial charge in [-0.2, -0.15) is 0 Å². The molecule has 0 spiro atoms. The van der Waals surface area contributed by atoms with Crippen LogP contribution in [0.2, 0.25) is 0 Å². The fourth-order valence-corrected chi connectivity index (χ4v) is 3.50. The van der Waals surface area contributed by atoms with Gasteiger partial charge in [-0.15, -0.1) is 0 Å². The lowest BCUT2D eigenvalue weighted by atomic mass is 9.87. The van der Waals surface area contributed by atoms with Crippen LogP contribution in [-0.2, 0) is 23.7 Å². The van der Waals surface area contributed by atoms with Crippen LogP contribution < -0.4 is 0 Å². The Hall–Kier alpha value is -0.650. The van der Waals surface area contributed by atoms with Crippen LogP contribution >= 0.6 is 0 Å². The van der Waals surface area contributed by atoms with E-state index >= 15 is 0 Å². The van der Waals surface area contributed by atoms with E-state index in [2.05, 4.69) is 0 Å². The topological polar surface area (TPSA) is 54.0 Å². The van der Waals surface area contributed by atoms with Crippen molar-refractivity contribution in [1.82, 2.24) is 0 Å². The van der Waals surface area contributed by atoms with Crippen molar-refractivity contribution in [2.75, 3.05) is 13.2 Å². The van der Waals surface area contributed by atoms with Gasteiger partial charge in [0.2, 0.25) is 6.29 Å². The summed E-state index contributed by atoms with van der Waals surface area (Å²) in [5.41, 5.74) is 0. The SMILES string of the molecule is O=C(O[C@H]1CCCCO1)C1CCC(O[C@@H]2CCCCO2)CC1. The smallest absolute Gasteiger partial charge is 0.311 e. The monoisotopic (exact) mass is 312 g/mol. The van der Waals surface area contributed by atoms with E-state index in [-0.39, 0.29) is 30.6 Å². The molecular weight excluding hydrogens is 284 g/mol. The third kappa shape index (κ3) is 4.67. The molecule has 3 rings (SSSR count). The molecule has 2 aliphatic heterocycles. The van der Waals surface area contributed by atoms with Crippen LogP contribution in [0.4, 0.5) is 0 Å². The fraction of sp³-hybridized carbons (Fsp3) is 0.941. The second-order valence-electron chi connectivity index (χ2n) is 6.64. The van der Waals surface area contributed by atoms with Crippen LogP contribution in [0.1, 0.15) is 64.2 Å². The van der Waals surface area contributed by atoms with Crippen molar-refractivity contribution >= 4 is 5.97 Å². The number of carbonyl (C=O) groups is 1. The lowest BCUT2D eigenvalue weighted by molar-refractivity contribution is -0.201. The van der Waals surface area contributed by atoms with E-state index in [0.717, 1.165) is 64.4 Å². The van der Waals surface area contributed by atoms with E-state index in [0.29, 0.717) is 6.61 Å². The van der Waals surface area contributed by atoms with Gasteiger partial charge in [0.15, 0.2) is 6.29 Å². The first-order valence-corrected chi connectivity index (χ1v) is 8.90. The summed E-state index contributed by atoms with van der Waals surface area (Å²) >= 11 is 0. The zero-order valence-corrected chi connectivity index (χ0v) is 13.3. The summed E-state index contributed by atoms with van der Waals surface area (Å²) in [5, 5.41) is 0. The highest BCUT2D eigenvalue weighted by Crippen LogP contribution is 2.30. The van der Waals surface area contributed by atoms with E-state index in [1.807, 2.05) is 0 Å². The second kappa shape index (κ2) is 8.27.